The van der Waals surface area contributed by atoms with Crippen LogP contribution in [0.5, 0.6) is 0 Å². The fourth-order valence-corrected chi connectivity index (χ4v) is 6.53. The number of hydrogen-bond donors (Lipinski definition) is 0. The molecule has 3 aromatic heterocycles. The van der Waals surface area contributed by atoms with Crippen molar-refractivity contribution in [2.24, 2.45) is 0 Å². The van der Waals surface area contributed by atoms with E-state index in [1.165, 1.54) is 16.7 Å². The van der Waals surface area contributed by atoms with Crippen LogP contribution in [0.25, 0.3) is 83.9 Å². The Balaban J connectivity index is 1.14. The summed E-state index contributed by atoms with van der Waals surface area (Å²) in [6.45, 7) is 0. The molecule has 5 aromatic carbocycles. The van der Waals surface area contributed by atoms with E-state index in [0.717, 1.165) is 79.5 Å². The molecule has 3 heterocycles. The molecule has 4 heteroatoms. The molecule has 0 unspecified atom stereocenters. The Morgan fingerprint density at radius 3 is 1.98 bits per heavy atom. The van der Waals surface area contributed by atoms with E-state index in [4.69, 9.17) is 19.4 Å². The zero-order valence-corrected chi connectivity index (χ0v) is 24.4. The Bertz CT molecular complexity index is 2400. The van der Waals surface area contributed by atoms with E-state index in [1.54, 1.807) is 0 Å². The molecule has 0 saturated carbocycles. The Morgan fingerprint density at radius 1 is 0.511 bits per heavy atom. The van der Waals surface area contributed by atoms with Crippen molar-refractivity contribution in [1.82, 2.24) is 15.0 Å². The van der Waals surface area contributed by atoms with Gasteiger partial charge in [0.05, 0.1) is 16.9 Å². The van der Waals surface area contributed by atoms with Gasteiger partial charge in [0, 0.05) is 38.4 Å². The SMILES string of the molecule is C1=Cc2nc(-c3ccc(-c4nc5ccccc5c5c4oc4ccccc45)cc3)nc(-c3ccc(-c4ccccc4)cc3)c2CC1. The molecule has 0 aliphatic heterocycles. The summed E-state index contributed by atoms with van der Waals surface area (Å²) >= 11 is 0. The number of furan rings is 1. The molecule has 0 radical (unpaired) electrons. The van der Waals surface area contributed by atoms with Gasteiger partial charge < -0.3 is 4.42 Å². The maximum Gasteiger partial charge on any atom is 0.162 e. The van der Waals surface area contributed by atoms with Gasteiger partial charge in [-0.15, -0.1) is 0 Å². The molecule has 4 nitrogen and oxygen atoms in total. The smallest absolute Gasteiger partial charge is 0.162 e. The maximum atomic E-state index is 6.43. The lowest BCUT2D eigenvalue weighted by Gasteiger charge is -2.17. The lowest BCUT2D eigenvalue weighted by Crippen LogP contribution is -2.05. The van der Waals surface area contributed by atoms with Crippen molar-refractivity contribution in [3.05, 3.63) is 145 Å². The van der Waals surface area contributed by atoms with E-state index >= 15 is 0 Å². The highest BCUT2D eigenvalue weighted by Crippen LogP contribution is 2.39. The van der Waals surface area contributed by atoms with Crippen molar-refractivity contribution in [2.45, 2.75) is 12.8 Å². The zero-order valence-electron chi connectivity index (χ0n) is 24.4. The minimum Gasteiger partial charge on any atom is -0.454 e. The number of rotatable bonds is 4. The number of benzene rings is 5. The molecule has 1 aliphatic rings. The largest absolute Gasteiger partial charge is 0.454 e. The van der Waals surface area contributed by atoms with Crippen molar-refractivity contribution < 1.29 is 4.42 Å². The second kappa shape index (κ2) is 10.4. The van der Waals surface area contributed by atoms with Gasteiger partial charge in [-0.2, -0.15) is 0 Å². The Labute approximate surface area is 260 Å². The molecule has 0 amide bonds. The molecule has 0 atom stereocenters. The average molecular weight is 578 g/mol. The summed E-state index contributed by atoms with van der Waals surface area (Å²) in [5, 5.41) is 3.30. The van der Waals surface area contributed by atoms with E-state index in [1.807, 2.05) is 24.3 Å². The standard InChI is InChI=1S/C41H27N3O/c1-2-10-26(11-3-1)27-18-20-28(21-19-27)38-32-13-5-8-16-35(32)43-41(44-38)30-24-22-29(23-25-30)39-40-37(31-12-4-7-15-34(31)42-39)33-14-6-9-17-36(33)45-40/h1-4,6-12,14-25H,5,13H2. The molecule has 212 valence electrons. The molecule has 8 aromatic rings. The normalized spacial score (nSPS) is 12.6. The molecule has 45 heavy (non-hydrogen) atoms. The van der Waals surface area contributed by atoms with Crippen molar-refractivity contribution in [2.75, 3.05) is 0 Å². The molecule has 0 bridgehead atoms. The highest BCUT2D eigenvalue weighted by Gasteiger charge is 2.20. The fraction of sp³-hybridized carbons (Fsp3) is 0.0488. The highest BCUT2D eigenvalue weighted by atomic mass is 16.3. The van der Waals surface area contributed by atoms with Gasteiger partial charge in [0.2, 0.25) is 0 Å². The first kappa shape index (κ1) is 25.6. The molecule has 9 rings (SSSR count). The Kier molecular flexibility index (Phi) is 5.91. The topological polar surface area (TPSA) is 51.8 Å². The van der Waals surface area contributed by atoms with Crippen LogP contribution in [0.1, 0.15) is 17.7 Å². The second-order valence-electron chi connectivity index (χ2n) is 11.5. The summed E-state index contributed by atoms with van der Waals surface area (Å²) in [5.41, 5.74) is 12.1. The van der Waals surface area contributed by atoms with Gasteiger partial charge >= 0.3 is 0 Å². The lowest BCUT2D eigenvalue weighted by atomic mass is 9.95. The zero-order chi connectivity index (χ0) is 29.7. The van der Waals surface area contributed by atoms with Crippen LogP contribution in [0, 0.1) is 0 Å². The summed E-state index contributed by atoms with van der Waals surface area (Å²) in [5.74, 6) is 0.717. The first-order chi connectivity index (χ1) is 22.3. The van der Waals surface area contributed by atoms with Gasteiger partial charge in [0.1, 0.15) is 11.3 Å². The fourth-order valence-electron chi connectivity index (χ4n) is 6.53. The van der Waals surface area contributed by atoms with Crippen LogP contribution in [0.4, 0.5) is 0 Å². The van der Waals surface area contributed by atoms with Crippen LogP contribution >= 0.6 is 0 Å². The average Bonchev–Trinajstić information content (AvgIpc) is 3.51. The third-order valence-corrected chi connectivity index (χ3v) is 8.77. The van der Waals surface area contributed by atoms with Crippen LogP contribution in [0.3, 0.4) is 0 Å². The molecule has 0 N–H and O–H groups in total. The number of hydrogen-bond acceptors (Lipinski definition) is 4. The second-order valence-corrected chi connectivity index (χ2v) is 11.5. The van der Waals surface area contributed by atoms with E-state index in [9.17, 15) is 0 Å². The van der Waals surface area contributed by atoms with Crippen LogP contribution in [-0.4, -0.2) is 15.0 Å². The number of nitrogens with zero attached hydrogens (tertiary/aromatic N) is 3. The van der Waals surface area contributed by atoms with E-state index in [-0.39, 0.29) is 0 Å². The molecular weight excluding hydrogens is 550 g/mol. The maximum absolute atomic E-state index is 6.43. The monoisotopic (exact) mass is 577 g/mol. The quantitative estimate of drug-likeness (QED) is 0.209. The van der Waals surface area contributed by atoms with Gasteiger partial charge in [-0.3, -0.25) is 0 Å². The molecule has 1 aliphatic carbocycles. The van der Waals surface area contributed by atoms with Crippen LogP contribution in [-0.2, 0) is 6.42 Å². The minimum absolute atomic E-state index is 0.717. The predicted octanol–water partition coefficient (Wildman–Crippen LogP) is 10.6. The summed E-state index contributed by atoms with van der Waals surface area (Å²) in [6, 6.07) is 44.1. The van der Waals surface area contributed by atoms with Gasteiger partial charge in [0.25, 0.3) is 0 Å². The highest BCUT2D eigenvalue weighted by molar-refractivity contribution is 6.20. The summed E-state index contributed by atoms with van der Waals surface area (Å²) < 4.78 is 6.43. The molecule has 0 fully saturated rings. The van der Waals surface area contributed by atoms with Gasteiger partial charge in [-0.1, -0.05) is 121 Å². The third kappa shape index (κ3) is 4.34. The summed E-state index contributed by atoms with van der Waals surface area (Å²) in [4.78, 5) is 15.3. The summed E-state index contributed by atoms with van der Waals surface area (Å²) in [7, 11) is 0. The van der Waals surface area contributed by atoms with Gasteiger partial charge in [-0.05, 0) is 42.2 Å². The Morgan fingerprint density at radius 2 is 1.16 bits per heavy atom. The first-order valence-electron chi connectivity index (χ1n) is 15.3. The lowest BCUT2D eigenvalue weighted by molar-refractivity contribution is 0.669. The third-order valence-electron chi connectivity index (χ3n) is 8.77. The number of para-hydroxylation sites is 2. The van der Waals surface area contributed by atoms with E-state index in [0.29, 0.717) is 5.82 Å². The minimum atomic E-state index is 0.717. The molecule has 0 spiro atoms. The van der Waals surface area contributed by atoms with E-state index < -0.39 is 0 Å². The number of pyridine rings is 1. The van der Waals surface area contributed by atoms with Crippen molar-refractivity contribution in [1.29, 1.82) is 0 Å². The van der Waals surface area contributed by atoms with Gasteiger partial charge in [0.15, 0.2) is 11.4 Å². The van der Waals surface area contributed by atoms with Crippen molar-refractivity contribution in [3.8, 4) is 45.0 Å². The van der Waals surface area contributed by atoms with E-state index in [2.05, 4.69) is 115 Å². The van der Waals surface area contributed by atoms with Crippen molar-refractivity contribution in [3.63, 3.8) is 0 Å². The number of aromatic nitrogens is 3. The van der Waals surface area contributed by atoms with Gasteiger partial charge in [-0.25, -0.2) is 15.0 Å². The van der Waals surface area contributed by atoms with Crippen LogP contribution < -0.4 is 0 Å². The molecular formula is C41H27N3O. The summed E-state index contributed by atoms with van der Waals surface area (Å²) in [6.07, 6.45) is 6.27. The number of allylic oxidation sites excluding steroid dienone is 1. The molecule has 0 saturated heterocycles. The van der Waals surface area contributed by atoms with Crippen molar-refractivity contribution >= 4 is 38.9 Å². The van der Waals surface area contributed by atoms with Crippen LogP contribution in [0.2, 0.25) is 0 Å². The predicted molar refractivity (Wildman–Crippen MR) is 184 cm³/mol. The Hall–Kier alpha value is -5.87. The van der Waals surface area contributed by atoms with Crippen LogP contribution in [0.15, 0.2) is 138 Å². The number of fused-ring (bicyclic) bond motifs is 6. The first-order valence-corrected chi connectivity index (χ1v) is 15.3.